The molecule has 1 aliphatic rings. The Balaban J connectivity index is 2.44. The molecule has 0 aromatic heterocycles. The molecule has 0 bridgehead atoms. The van der Waals surface area contributed by atoms with E-state index in [0.29, 0.717) is 19.3 Å². The van der Waals surface area contributed by atoms with Gasteiger partial charge in [-0.05, 0) is 51.4 Å². The maximum atomic E-state index is 13.0. The summed E-state index contributed by atoms with van der Waals surface area (Å²) in [5.74, 6) is -0.714. The zero-order valence-electron chi connectivity index (χ0n) is 36.1. The van der Waals surface area contributed by atoms with Gasteiger partial charge in [-0.1, -0.05) is 167 Å². The minimum atomic E-state index is -1.67. The first kappa shape index (κ1) is 53.6. The Labute approximate surface area is 346 Å². The van der Waals surface area contributed by atoms with Crippen LogP contribution >= 0.6 is 0 Å². The number of carbonyl (C=O) groups is 1. The third kappa shape index (κ3) is 26.4. The van der Waals surface area contributed by atoms with Gasteiger partial charge < -0.3 is 50.5 Å². The van der Waals surface area contributed by atoms with Crippen LogP contribution in [0, 0.1) is 0 Å². The van der Waals surface area contributed by atoms with Crippen LogP contribution in [0.2, 0.25) is 0 Å². The molecule has 8 N–H and O–H groups in total. The van der Waals surface area contributed by atoms with E-state index in [4.69, 9.17) is 9.47 Å². The molecular formula is C46H87NO10. The molecule has 0 radical (unpaired) electrons. The molecule has 1 rings (SSSR count). The van der Waals surface area contributed by atoms with Gasteiger partial charge in [-0.3, -0.25) is 4.79 Å². The lowest BCUT2D eigenvalue weighted by molar-refractivity contribution is -0.303. The number of carbonyl (C=O) groups excluding carboxylic acids is 1. The lowest BCUT2D eigenvalue weighted by atomic mass is 9.98. The number of rotatable bonds is 38. The summed E-state index contributed by atoms with van der Waals surface area (Å²) in [5, 5.41) is 75.4. The van der Waals surface area contributed by atoms with Crippen molar-refractivity contribution < 1.29 is 50.0 Å². The van der Waals surface area contributed by atoms with Gasteiger partial charge in [-0.2, -0.15) is 0 Å². The van der Waals surface area contributed by atoms with Crippen molar-refractivity contribution in [1.29, 1.82) is 0 Å². The normalized spacial score (nSPS) is 22.3. The van der Waals surface area contributed by atoms with Crippen molar-refractivity contribution in [2.24, 2.45) is 0 Å². The number of unbranched alkanes of at least 4 members (excludes halogenated alkanes) is 22. The van der Waals surface area contributed by atoms with Gasteiger partial charge in [0.1, 0.15) is 36.6 Å². The highest BCUT2D eigenvalue weighted by Crippen LogP contribution is 2.23. The molecule has 1 heterocycles. The van der Waals surface area contributed by atoms with Crippen LogP contribution in [0.3, 0.4) is 0 Å². The molecule has 0 aliphatic carbocycles. The fraction of sp³-hybridized carbons (Fsp3) is 0.891. The van der Waals surface area contributed by atoms with E-state index in [1.54, 1.807) is 0 Å². The van der Waals surface area contributed by atoms with E-state index in [0.717, 1.165) is 38.5 Å². The summed E-state index contributed by atoms with van der Waals surface area (Å²) in [6.07, 6.45) is 28.2. The van der Waals surface area contributed by atoms with Crippen LogP contribution in [0.1, 0.15) is 194 Å². The molecule has 57 heavy (non-hydrogen) atoms. The van der Waals surface area contributed by atoms with Crippen LogP contribution in [-0.4, -0.2) is 110 Å². The Morgan fingerprint density at radius 2 is 1.05 bits per heavy atom. The van der Waals surface area contributed by atoms with Crippen LogP contribution in [0.15, 0.2) is 24.3 Å². The van der Waals surface area contributed by atoms with E-state index in [1.165, 1.54) is 109 Å². The number of hydrogen-bond donors (Lipinski definition) is 8. The second kappa shape index (κ2) is 36.4. The summed E-state index contributed by atoms with van der Waals surface area (Å²) in [4.78, 5) is 13.0. The summed E-state index contributed by atoms with van der Waals surface area (Å²) in [5.41, 5.74) is 0. The maximum Gasteiger partial charge on any atom is 0.249 e. The largest absolute Gasteiger partial charge is 0.394 e. The molecule has 0 aromatic rings. The molecule has 11 heteroatoms. The number of amides is 1. The van der Waals surface area contributed by atoms with Crippen LogP contribution in [-0.2, 0) is 14.3 Å². The van der Waals surface area contributed by atoms with E-state index >= 15 is 0 Å². The monoisotopic (exact) mass is 814 g/mol. The predicted molar refractivity (Wildman–Crippen MR) is 229 cm³/mol. The zero-order chi connectivity index (χ0) is 41.9. The molecule has 1 aliphatic heterocycles. The van der Waals surface area contributed by atoms with Crippen LogP contribution in [0.5, 0.6) is 0 Å². The molecule has 1 saturated heterocycles. The Hall–Kier alpha value is -1.41. The highest BCUT2D eigenvalue weighted by Gasteiger charge is 2.44. The first-order chi connectivity index (χ1) is 27.7. The van der Waals surface area contributed by atoms with Gasteiger partial charge in [0.2, 0.25) is 5.91 Å². The summed E-state index contributed by atoms with van der Waals surface area (Å²) < 4.78 is 11.0. The van der Waals surface area contributed by atoms with Crippen molar-refractivity contribution in [3.05, 3.63) is 24.3 Å². The Kier molecular flexibility index (Phi) is 34.3. The standard InChI is InChI=1S/C46H87NO10/c1-3-5-7-9-11-13-14-15-16-17-18-19-20-21-22-23-24-26-27-29-31-33-38(49)41(51)37(36-56-46-44(54)43(53)42(52)40(35-48)57-46)47-45(55)39(50)34-32-30-28-25-12-10-8-6-4-2/h21-22,26-27,37-44,46,48-54H,3-20,23-25,28-36H2,1-2H3,(H,47,55)/b22-21+,27-26+. The van der Waals surface area contributed by atoms with Crippen molar-refractivity contribution >= 4 is 5.91 Å². The molecule has 11 nitrogen and oxygen atoms in total. The van der Waals surface area contributed by atoms with Gasteiger partial charge in [-0.15, -0.1) is 0 Å². The lowest BCUT2D eigenvalue weighted by Crippen LogP contribution is -2.60. The van der Waals surface area contributed by atoms with Gasteiger partial charge in [0.15, 0.2) is 6.29 Å². The van der Waals surface area contributed by atoms with Crippen molar-refractivity contribution in [3.63, 3.8) is 0 Å². The summed E-state index contributed by atoms with van der Waals surface area (Å²) in [7, 11) is 0. The number of nitrogens with one attached hydrogen (secondary N) is 1. The summed E-state index contributed by atoms with van der Waals surface area (Å²) >= 11 is 0. The Bertz CT molecular complexity index is 981. The average Bonchev–Trinajstić information content (AvgIpc) is 3.21. The van der Waals surface area contributed by atoms with E-state index in [2.05, 4.69) is 43.5 Å². The highest BCUT2D eigenvalue weighted by molar-refractivity contribution is 5.80. The second-order valence-corrected chi connectivity index (χ2v) is 16.5. The van der Waals surface area contributed by atoms with Crippen LogP contribution in [0.4, 0.5) is 0 Å². The predicted octanol–water partition coefficient (Wildman–Crippen LogP) is 7.45. The number of ether oxygens (including phenoxy) is 2. The van der Waals surface area contributed by atoms with Crippen molar-refractivity contribution in [1.82, 2.24) is 5.32 Å². The van der Waals surface area contributed by atoms with E-state index in [9.17, 15) is 40.5 Å². The molecule has 0 saturated carbocycles. The Morgan fingerprint density at radius 3 is 1.56 bits per heavy atom. The van der Waals surface area contributed by atoms with Crippen LogP contribution < -0.4 is 5.32 Å². The van der Waals surface area contributed by atoms with E-state index in [-0.39, 0.29) is 12.8 Å². The third-order valence-electron chi connectivity index (χ3n) is 11.2. The van der Waals surface area contributed by atoms with Crippen molar-refractivity contribution in [2.45, 2.75) is 249 Å². The topological polar surface area (TPSA) is 189 Å². The fourth-order valence-corrected chi connectivity index (χ4v) is 7.34. The van der Waals surface area contributed by atoms with Crippen molar-refractivity contribution in [3.8, 4) is 0 Å². The van der Waals surface area contributed by atoms with Gasteiger partial charge in [0.05, 0.1) is 25.4 Å². The second-order valence-electron chi connectivity index (χ2n) is 16.5. The number of allylic oxidation sites excluding steroid dienone is 4. The Morgan fingerprint density at radius 1 is 0.596 bits per heavy atom. The molecule has 0 spiro atoms. The SMILES string of the molecule is CCCCCCCCCCCCCC/C=C/CC/C=C/CCCC(O)C(O)C(COC1OC(CO)C(O)C(O)C1O)NC(=O)C(O)CCCCCCCCCCC. The third-order valence-corrected chi connectivity index (χ3v) is 11.2. The highest BCUT2D eigenvalue weighted by atomic mass is 16.7. The quantitative estimate of drug-likeness (QED) is 0.0230. The molecule has 1 fully saturated rings. The average molecular weight is 814 g/mol. The minimum Gasteiger partial charge on any atom is -0.394 e. The van der Waals surface area contributed by atoms with Crippen molar-refractivity contribution in [2.75, 3.05) is 13.2 Å². The van der Waals surface area contributed by atoms with Gasteiger partial charge >= 0.3 is 0 Å². The van der Waals surface area contributed by atoms with Gasteiger partial charge in [0.25, 0.3) is 0 Å². The smallest absolute Gasteiger partial charge is 0.249 e. The molecule has 9 unspecified atom stereocenters. The number of hydrogen-bond acceptors (Lipinski definition) is 10. The first-order valence-electron chi connectivity index (χ1n) is 23.2. The molecule has 1 amide bonds. The van der Waals surface area contributed by atoms with Gasteiger partial charge in [-0.25, -0.2) is 0 Å². The fourth-order valence-electron chi connectivity index (χ4n) is 7.34. The van der Waals surface area contributed by atoms with Crippen LogP contribution in [0.25, 0.3) is 0 Å². The molecule has 0 aromatic carbocycles. The van der Waals surface area contributed by atoms with Gasteiger partial charge in [0, 0.05) is 0 Å². The number of aliphatic hydroxyl groups is 7. The molecule has 9 atom stereocenters. The number of aliphatic hydroxyl groups excluding tert-OH is 7. The minimum absolute atomic E-state index is 0.248. The lowest BCUT2D eigenvalue weighted by Gasteiger charge is -2.40. The first-order valence-corrected chi connectivity index (χ1v) is 23.2. The summed E-state index contributed by atoms with van der Waals surface area (Å²) in [6, 6.07) is -1.19. The van der Waals surface area contributed by atoms with E-state index < -0.39 is 74.2 Å². The van der Waals surface area contributed by atoms with E-state index in [1.807, 2.05) is 0 Å². The zero-order valence-corrected chi connectivity index (χ0v) is 36.1. The molecule has 336 valence electrons. The maximum absolute atomic E-state index is 13.0. The summed E-state index contributed by atoms with van der Waals surface area (Å²) in [6.45, 7) is 3.38. The molecular weight excluding hydrogens is 727 g/mol.